The Hall–Kier alpha value is -2.21. The Morgan fingerprint density at radius 3 is 2.91 bits per heavy atom. The van der Waals surface area contributed by atoms with Gasteiger partial charge in [-0.15, -0.1) is 0 Å². The molecule has 1 saturated heterocycles. The molecule has 116 valence electrons. The minimum absolute atomic E-state index is 0.0322. The first kappa shape index (κ1) is 14.7. The molecule has 1 N–H and O–H groups in total. The molecule has 0 unspecified atom stereocenters. The lowest BCUT2D eigenvalue weighted by Crippen LogP contribution is -2.40. The first-order chi connectivity index (χ1) is 10.7. The zero-order valence-electron chi connectivity index (χ0n) is 12.6. The molecular formula is C16H20N4O2. The van der Waals surface area contributed by atoms with Crippen LogP contribution in [0.3, 0.4) is 0 Å². The fraction of sp³-hybridized carbons (Fsp3) is 0.438. The van der Waals surface area contributed by atoms with Crippen LogP contribution in [0.4, 0.5) is 0 Å². The van der Waals surface area contributed by atoms with E-state index in [1.54, 1.807) is 11.0 Å². The average Bonchev–Trinajstić information content (AvgIpc) is 3.21. The van der Waals surface area contributed by atoms with Crippen LogP contribution in [0, 0.1) is 0 Å². The van der Waals surface area contributed by atoms with Crippen molar-refractivity contribution < 1.29 is 9.53 Å². The fourth-order valence-electron chi connectivity index (χ4n) is 2.64. The summed E-state index contributed by atoms with van der Waals surface area (Å²) in [6.45, 7) is 3.43. The standard InChI is InChI=1S/C16H20N4O2/c1-12(15-3-2-8-22-15)19-16(21)14-6-4-13(5-7-14)9-20-11-17-10-18-20/h4-7,10-12,15H,2-3,8-9H2,1H3,(H,19,21)/t12-,15-/m0/s1. The Morgan fingerprint density at radius 2 is 2.27 bits per heavy atom. The van der Waals surface area contributed by atoms with Gasteiger partial charge in [-0.3, -0.25) is 4.79 Å². The molecule has 1 amide bonds. The third-order valence-electron chi connectivity index (χ3n) is 3.91. The van der Waals surface area contributed by atoms with Crippen LogP contribution in [0.1, 0.15) is 35.7 Å². The van der Waals surface area contributed by atoms with E-state index in [-0.39, 0.29) is 18.1 Å². The smallest absolute Gasteiger partial charge is 0.251 e. The van der Waals surface area contributed by atoms with Crippen molar-refractivity contribution >= 4 is 5.91 Å². The molecule has 6 heteroatoms. The third kappa shape index (κ3) is 3.51. The lowest BCUT2D eigenvalue weighted by Gasteiger charge is -2.20. The maximum Gasteiger partial charge on any atom is 0.251 e. The molecule has 0 spiro atoms. The van der Waals surface area contributed by atoms with Gasteiger partial charge in [-0.2, -0.15) is 5.10 Å². The van der Waals surface area contributed by atoms with Gasteiger partial charge in [0.25, 0.3) is 5.91 Å². The molecule has 2 aromatic rings. The van der Waals surface area contributed by atoms with Crippen LogP contribution in [-0.2, 0) is 11.3 Å². The van der Waals surface area contributed by atoms with Gasteiger partial charge in [0.2, 0.25) is 0 Å². The molecule has 1 aromatic carbocycles. The van der Waals surface area contributed by atoms with E-state index < -0.39 is 0 Å². The highest BCUT2D eigenvalue weighted by Crippen LogP contribution is 2.16. The van der Waals surface area contributed by atoms with Gasteiger partial charge in [-0.1, -0.05) is 12.1 Å². The van der Waals surface area contributed by atoms with E-state index in [0.29, 0.717) is 12.1 Å². The summed E-state index contributed by atoms with van der Waals surface area (Å²) in [5.41, 5.74) is 1.74. The molecule has 1 aliphatic rings. The number of nitrogens with zero attached hydrogens (tertiary/aromatic N) is 3. The predicted octanol–water partition coefficient (Wildman–Crippen LogP) is 1.62. The summed E-state index contributed by atoms with van der Waals surface area (Å²) in [5.74, 6) is -0.0599. The number of rotatable bonds is 5. The van der Waals surface area contributed by atoms with Crippen molar-refractivity contribution in [3.8, 4) is 0 Å². The first-order valence-electron chi connectivity index (χ1n) is 7.56. The highest BCUT2D eigenvalue weighted by molar-refractivity contribution is 5.94. The van der Waals surface area contributed by atoms with E-state index in [2.05, 4.69) is 15.4 Å². The second-order valence-electron chi connectivity index (χ2n) is 5.60. The van der Waals surface area contributed by atoms with Gasteiger partial charge in [0.15, 0.2) is 0 Å². The number of carbonyl (C=O) groups excluding carboxylic acids is 1. The molecule has 0 aliphatic carbocycles. The largest absolute Gasteiger partial charge is 0.376 e. The van der Waals surface area contributed by atoms with Crippen molar-refractivity contribution in [2.75, 3.05) is 6.61 Å². The van der Waals surface area contributed by atoms with E-state index >= 15 is 0 Å². The van der Waals surface area contributed by atoms with E-state index in [1.807, 2.05) is 31.2 Å². The fourth-order valence-corrected chi connectivity index (χ4v) is 2.64. The van der Waals surface area contributed by atoms with Crippen LogP contribution < -0.4 is 5.32 Å². The van der Waals surface area contributed by atoms with E-state index in [0.717, 1.165) is 25.0 Å². The number of benzene rings is 1. The normalized spacial score (nSPS) is 19.0. The SMILES string of the molecule is C[C@H](NC(=O)c1ccc(Cn2cncn2)cc1)[C@@H]1CCCO1. The van der Waals surface area contributed by atoms with Crippen LogP contribution >= 0.6 is 0 Å². The predicted molar refractivity (Wildman–Crippen MR) is 81.5 cm³/mol. The first-order valence-corrected chi connectivity index (χ1v) is 7.56. The van der Waals surface area contributed by atoms with Gasteiger partial charge in [-0.05, 0) is 37.5 Å². The van der Waals surface area contributed by atoms with Crippen molar-refractivity contribution in [1.29, 1.82) is 0 Å². The third-order valence-corrected chi connectivity index (χ3v) is 3.91. The molecule has 2 heterocycles. The van der Waals surface area contributed by atoms with Crippen molar-refractivity contribution in [2.24, 2.45) is 0 Å². The van der Waals surface area contributed by atoms with Gasteiger partial charge >= 0.3 is 0 Å². The summed E-state index contributed by atoms with van der Waals surface area (Å²) in [7, 11) is 0. The second kappa shape index (κ2) is 6.70. The van der Waals surface area contributed by atoms with Gasteiger partial charge in [0.1, 0.15) is 12.7 Å². The number of aromatic nitrogens is 3. The maximum atomic E-state index is 12.2. The van der Waals surface area contributed by atoms with E-state index in [9.17, 15) is 4.79 Å². The number of carbonyl (C=O) groups is 1. The topological polar surface area (TPSA) is 69.0 Å². The summed E-state index contributed by atoms with van der Waals surface area (Å²) < 4.78 is 7.34. The monoisotopic (exact) mass is 300 g/mol. The Bertz CT molecular complexity index is 604. The van der Waals surface area contributed by atoms with Gasteiger partial charge in [-0.25, -0.2) is 9.67 Å². The average molecular weight is 300 g/mol. The molecule has 1 fully saturated rings. The Kier molecular flexibility index (Phi) is 4.48. The second-order valence-corrected chi connectivity index (χ2v) is 5.60. The number of hydrogen-bond donors (Lipinski definition) is 1. The number of amides is 1. The van der Waals surface area contributed by atoms with Gasteiger partial charge < -0.3 is 10.1 Å². The van der Waals surface area contributed by atoms with Gasteiger partial charge in [0.05, 0.1) is 18.7 Å². The molecule has 0 saturated carbocycles. The number of nitrogens with one attached hydrogen (secondary N) is 1. The summed E-state index contributed by atoms with van der Waals surface area (Å²) in [4.78, 5) is 16.2. The molecule has 0 bridgehead atoms. The van der Waals surface area contributed by atoms with E-state index in [1.165, 1.54) is 6.33 Å². The van der Waals surface area contributed by atoms with Gasteiger partial charge in [0, 0.05) is 12.2 Å². The molecular weight excluding hydrogens is 280 g/mol. The van der Waals surface area contributed by atoms with Crippen LogP contribution in [-0.4, -0.2) is 39.4 Å². The van der Waals surface area contributed by atoms with Crippen molar-refractivity contribution in [3.63, 3.8) is 0 Å². The molecule has 6 nitrogen and oxygen atoms in total. The highest BCUT2D eigenvalue weighted by Gasteiger charge is 2.23. The number of ether oxygens (including phenoxy) is 1. The molecule has 3 rings (SSSR count). The summed E-state index contributed by atoms with van der Waals surface area (Å²) in [5, 5.41) is 7.08. The summed E-state index contributed by atoms with van der Waals surface area (Å²) in [6, 6.07) is 7.58. The zero-order chi connectivity index (χ0) is 15.4. The Balaban J connectivity index is 1.58. The lowest BCUT2D eigenvalue weighted by atomic mass is 10.1. The quantitative estimate of drug-likeness (QED) is 0.911. The lowest BCUT2D eigenvalue weighted by molar-refractivity contribution is 0.0712. The van der Waals surface area contributed by atoms with Crippen molar-refractivity contribution in [3.05, 3.63) is 48.0 Å². The molecule has 0 radical (unpaired) electrons. The zero-order valence-corrected chi connectivity index (χ0v) is 12.6. The Labute approximate surface area is 129 Å². The maximum absolute atomic E-state index is 12.2. The van der Waals surface area contributed by atoms with Crippen molar-refractivity contribution in [2.45, 2.75) is 38.5 Å². The van der Waals surface area contributed by atoms with Crippen LogP contribution in [0.5, 0.6) is 0 Å². The molecule has 1 aromatic heterocycles. The molecule has 2 atom stereocenters. The van der Waals surface area contributed by atoms with Crippen LogP contribution in [0.25, 0.3) is 0 Å². The summed E-state index contributed by atoms with van der Waals surface area (Å²) >= 11 is 0. The van der Waals surface area contributed by atoms with Crippen LogP contribution in [0.15, 0.2) is 36.9 Å². The highest BCUT2D eigenvalue weighted by atomic mass is 16.5. The summed E-state index contributed by atoms with van der Waals surface area (Å²) in [6.07, 6.45) is 5.40. The van der Waals surface area contributed by atoms with E-state index in [4.69, 9.17) is 4.74 Å². The van der Waals surface area contributed by atoms with Crippen LogP contribution in [0.2, 0.25) is 0 Å². The minimum Gasteiger partial charge on any atom is -0.376 e. The number of hydrogen-bond acceptors (Lipinski definition) is 4. The Morgan fingerprint density at radius 1 is 1.45 bits per heavy atom. The van der Waals surface area contributed by atoms with Crippen molar-refractivity contribution in [1.82, 2.24) is 20.1 Å². The minimum atomic E-state index is -0.0599. The molecule has 22 heavy (non-hydrogen) atoms. The molecule has 1 aliphatic heterocycles.